The largest absolute Gasteiger partial charge is 0.398 e. The Kier molecular flexibility index (Phi) is 6.07. The first-order chi connectivity index (χ1) is 8.56. The van der Waals surface area contributed by atoms with Gasteiger partial charge in [0.05, 0.1) is 6.42 Å². The van der Waals surface area contributed by atoms with E-state index in [2.05, 4.69) is 0 Å². The first kappa shape index (κ1) is 14.9. The molecule has 0 radical (unpaired) electrons. The fourth-order valence-corrected chi connectivity index (χ4v) is 1.76. The van der Waals surface area contributed by atoms with E-state index in [9.17, 15) is 14.7 Å². The van der Waals surface area contributed by atoms with Crippen LogP contribution in [-0.2, 0) is 19.1 Å². The zero-order valence-electron chi connectivity index (χ0n) is 10.4. The summed E-state index contributed by atoms with van der Waals surface area (Å²) in [5, 5.41) is 18.6. The van der Waals surface area contributed by atoms with Crippen LogP contribution < -0.4 is 0 Å². The smallest absolute Gasteiger partial charge is 0.373 e. The third-order valence-electron chi connectivity index (χ3n) is 2.71. The molecule has 6 heteroatoms. The Hall–Kier alpha value is -1.14. The summed E-state index contributed by atoms with van der Waals surface area (Å²) in [6.45, 7) is 0.0675. The van der Waals surface area contributed by atoms with Crippen LogP contribution in [0.15, 0.2) is 0 Å². The van der Waals surface area contributed by atoms with E-state index in [4.69, 9.17) is 14.6 Å². The van der Waals surface area contributed by atoms with Gasteiger partial charge in [0.2, 0.25) is 0 Å². The normalized spacial score (nSPS) is 20.3. The molecule has 0 aromatic rings. The number of ether oxygens (including phenoxy) is 2. The van der Waals surface area contributed by atoms with Crippen molar-refractivity contribution in [2.45, 2.75) is 57.3 Å². The lowest BCUT2D eigenvalue weighted by molar-refractivity contribution is -0.327. The minimum Gasteiger partial charge on any atom is -0.398 e. The lowest BCUT2D eigenvalue weighted by atomic mass is 10.2. The number of esters is 2. The first-order valence-corrected chi connectivity index (χ1v) is 6.33. The number of carbonyl (C=O) groups excluding carboxylic acids is 2. The van der Waals surface area contributed by atoms with Crippen LogP contribution in [0.2, 0.25) is 0 Å². The van der Waals surface area contributed by atoms with Gasteiger partial charge in [0.15, 0.2) is 0 Å². The third kappa shape index (κ3) is 5.46. The number of unbranched alkanes of at least 4 members (excludes halogenated alkanes) is 2. The molecule has 104 valence electrons. The molecule has 0 unspecified atom stereocenters. The number of aliphatic hydroxyl groups excluding tert-OH is 1. The van der Waals surface area contributed by atoms with Crippen LogP contribution in [0.25, 0.3) is 0 Å². The summed E-state index contributed by atoms with van der Waals surface area (Å²) in [6.07, 6.45) is 3.24. The maximum Gasteiger partial charge on any atom is 0.373 e. The fraction of sp³-hybridized carbons (Fsp3) is 0.833. The molecule has 18 heavy (non-hydrogen) atoms. The molecule has 0 saturated carbocycles. The summed E-state index contributed by atoms with van der Waals surface area (Å²) in [6, 6.07) is 0. The highest BCUT2D eigenvalue weighted by molar-refractivity contribution is 5.72. The Morgan fingerprint density at radius 1 is 1.00 bits per heavy atom. The van der Waals surface area contributed by atoms with Gasteiger partial charge in [0.25, 0.3) is 0 Å². The summed E-state index contributed by atoms with van der Waals surface area (Å²) in [5.74, 6) is -3.27. The van der Waals surface area contributed by atoms with Crippen LogP contribution in [0.1, 0.15) is 51.4 Å². The monoisotopic (exact) mass is 260 g/mol. The summed E-state index contributed by atoms with van der Waals surface area (Å²) in [5.41, 5.74) is 0. The van der Waals surface area contributed by atoms with Gasteiger partial charge in [-0.1, -0.05) is 6.42 Å². The van der Waals surface area contributed by atoms with E-state index in [1.165, 1.54) is 0 Å². The second-order valence-electron chi connectivity index (χ2n) is 4.40. The van der Waals surface area contributed by atoms with Crippen molar-refractivity contribution in [1.82, 2.24) is 0 Å². The molecule has 0 aromatic heterocycles. The number of hydrogen-bond donors (Lipinski definition) is 2. The third-order valence-corrected chi connectivity index (χ3v) is 2.71. The van der Waals surface area contributed by atoms with E-state index in [1.807, 2.05) is 0 Å². The van der Waals surface area contributed by atoms with Crippen LogP contribution >= 0.6 is 0 Å². The topological polar surface area (TPSA) is 93.1 Å². The summed E-state index contributed by atoms with van der Waals surface area (Å²) < 4.78 is 9.64. The Labute approximate surface area is 106 Å². The number of rotatable bonds is 5. The van der Waals surface area contributed by atoms with Crippen molar-refractivity contribution in [2.24, 2.45) is 0 Å². The van der Waals surface area contributed by atoms with Crippen molar-refractivity contribution >= 4 is 11.9 Å². The molecule has 1 fully saturated rings. The zero-order chi connectivity index (χ0) is 13.4. The first-order valence-electron chi connectivity index (χ1n) is 6.33. The molecule has 0 aromatic carbocycles. The molecule has 1 rings (SSSR count). The molecule has 1 aliphatic heterocycles. The highest BCUT2D eigenvalue weighted by atomic mass is 16.8. The second kappa shape index (κ2) is 7.33. The van der Waals surface area contributed by atoms with E-state index in [1.54, 1.807) is 0 Å². The van der Waals surface area contributed by atoms with Gasteiger partial charge in [-0.2, -0.15) is 0 Å². The Morgan fingerprint density at radius 2 is 1.56 bits per heavy atom. The second-order valence-corrected chi connectivity index (χ2v) is 4.40. The summed E-state index contributed by atoms with van der Waals surface area (Å²) in [7, 11) is 0. The van der Waals surface area contributed by atoms with Crippen LogP contribution in [0, 0.1) is 0 Å². The molecular formula is C12H20O6. The molecule has 0 aliphatic carbocycles. The van der Waals surface area contributed by atoms with Crippen molar-refractivity contribution in [2.75, 3.05) is 6.61 Å². The maximum absolute atomic E-state index is 11.4. The quantitative estimate of drug-likeness (QED) is 0.562. The van der Waals surface area contributed by atoms with E-state index < -0.39 is 17.9 Å². The molecule has 1 saturated heterocycles. The van der Waals surface area contributed by atoms with Gasteiger partial charge in [-0.3, -0.25) is 9.59 Å². The van der Waals surface area contributed by atoms with Gasteiger partial charge in [-0.25, -0.2) is 0 Å². The minimum atomic E-state index is -2.14. The van der Waals surface area contributed by atoms with Gasteiger partial charge in [-0.15, -0.1) is 0 Å². The van der Waals surface area contributed by atoms with Crippen molar-refractivity contribution in [3.05, 3.63) is 0 Å². The highest BCUT2D eigenvalue weighted by Crippen LogP contribution is 2.22. The predicted molar refractivity (Wildman–Crippen MR) is 61.2 cm³/mol. The van der Waals surface area contributed by atoms with Gasteiger partial charge >= 0.3 is 17.9 Å². The van der Waals surface area contributed by atoms with E-state index in [-0.39, 0.29) is 25.9 Å². The average Bonchev–Trinajstić information content (AvgIpc) is 2.35. The average molecular weight is 260 g/mol. The highest BCUT2D eigenvalue weighted by Gasteiger charge is 2.36. The van der Waals surface area contributed by atoms with Crippen molar-refractivity contribution in [1.29, 1.82) is 0 Å². The number of hydrogen-bond acceptors (Lipinski definition) is 6. The van der Waals surface area contributed by atoms with Crippen LogP contribution in [0.3, 0.4) is 0 Å². The minimum absolute atomic E-state index is 0.0322. The molecule has 0 atom stereocenters. The summed E-state index contributed by atoms with van der Waals surface area (Å²) in [4.78, 5) is 22.8. The van der Waals surface area contributed by atoms with Crippen molar-refractivity contribution in [3.63, 3.8) is 0 Å². The number of aliphatic hydroxyl groups is 2. The molecule has 0 amide bonds. The SMILES string of the molecule is O=C1CCCCC(=O)OC(O)(CCCCCO)O1. The molecule has 1 heterocycles. The van der Waals surface area contributed by atoms with E-state index in [0.717, 1.165) is 0 Å². The Morgan fingerprint density at radius 3 is 2.06 bits per heavy atom. The number of cyclic esters (lactones) is 2. The zero-order valence-corrected chi connectivity index (χ0v) is 10.4. The molecule has 0 spiro atoms. The Bertz CT molecular complexity index is 268. The van der Waals surface area contributed by atoms with Crippen molar-refractivity contribution in [3.8, 4) is 0 Å². The van der Waals surface area contributed by atoms with Crippen LogP contribution in [0.5, 0.6) is 0 Å². The van der Waals surface area contributed by atoms with Gasteiger partial charge in [-0.05, 0) is 25.7 Å². The Balaban J connectivity index is 2.54. The van der Waals surface area contributed by atoms with E-state index in [0.29, 0.717) is 32.1 Å². The predicted octanol–water partition coefficient (Wildman–Crippen LogP) is 0.846. The lowest BCUT2D eigenvalue weighted by Gasteiger charge is -2.26. The number of carbonyl (C=O) groups is 2. The fourth-order valence-electron chi connectivity index (χ4n) is 1.76. The standard InChI is InChI=1S/C12H20O6/c13-9-5-1-4-8-12(16)17-10(14)6-2-3-7-11(15)18-12/h13,16H,1-9H2. The van der Waals surface area contributed by atoms with Crippen LogP contribution in [0.4, 0.5) is 0 Å². The van der Waals surface area contributed by atoms with Crippen molar-refractivity contribution < 1.29 is 29.3 Å². The molecule has 2 N–H and O–H groups in total. The molecule has 0 bridgehead atoms. The summed E-state index contributed by atoms with van der Waals surface area (Å²) >= 11 is 0. The van der Waals surface area contributed by atoms with Gasteiger partial charge < -0.3 is 19.7 Å². The van der Waals surface area contributed by atoms with Crippen LogP contribution in [-0.4, -0.2) is 34.7 Å². The maximum atomic E-state index is 11.4. The lowest BCUT2D eigenvalue weighted by Crippen LogP contribution is -2.39. The molecular weight excluding hydrogens is 240 g/mol. The van der Waals surface area contributed by atoms with Gasteiger partial charge in [0.1, 0.15) is 0 Å². The van der Waals surface area contributed by atoms with Gasteiger partial charge in [0, 0.05) is 19.4 Å². The van der Waals surface area contributed by atoms with E-state index >= 15 is 0 Å². The molecule has 6 nitrogen and oxygen atoms in total. The molecule has 1 aliphatic rings.